The van der Waals surface area contributed by atoms with Gasteiger partial charge in [0.05, 0.1) is 6.04 Å². The molecule has 0 radical (unpaired) electrons. The number of urea groups is 1. The van der Waals surface area contributed by atoms with Crippen molar-refractivity contribution in [3.05, 3.63) is 29.8 Å². The van der Waals surface area contributed by atoms with Crippen LogP contribution in [0.4, 0.5) is 10.5 Å². The number of carbonyl (C=O) groups is 3. The largest absolute Gasteiger partial charge is 0.367 e. The number of fused-ring (bicyclic) bond motifs is 4. The summed E-state index contributed by atoms with van der Waals surface area (Å²) >= 11 is 0. The number of para-hydroxylation sites is 1. The molecule has 3 aliphatic heterocycles. The Labute approximate surface area is 134 Å². The van der Waals surface area contributed by atoms with Crippen molar-refractivity contribution in [1.29, 1.82) is 0 Å². The lowest BCUT2D eigenvalue weighted by Gasteiger charge is -2.50. The second-order valence-electron chi connectivity index (χ2n) is 6.64. The predicted octanol–water partition coefficient (Wildman–Crippen LogP) is 1.25. The molecule has 6 nitrogen and oxygen atoms in total. The number of nitrogens with zero attached hydrogens (tertiary/aromatic N) is 3. The van der Waals surface area contributed by atoms with Crippen LogP contribution in [0, 0.1) is 5.41 Å². The van der Waals surface area contributed by atoms with Gasteiger partial charge in [-0.2, -0.15) is 0 Å². The summed E-state index contributed by atoms with van der Waals surface area (Å²) < 4.78 is 0. The number of barbiturate groups is 1. The first-order valence-electron chi connectivity index (χ1n) is 7.93. The molecular formula is C17H19N3O3. The quantitative estimate of drug-likeness (QED) is 0.676. The van der Waals surface area contributed by atoms with E-state index in [1.54, 1.807) is 0 Å². The fourth-order valence-electron chi connectivity index (χ4n) is 4.45. The molecule has 3 aliphatic rings. The van der Waals surface area contributed by atoms with Gasteiger partial charge in [-0.3, -0.25) is 19.4 Å². The summed E-state index contributed by atoms with van der Waals surface area (Å²) in [5, 5.41) is 0. The van der Waals surface area contributed by atoms with Gasteiger partial charge < -0.3 is 4.90 Å². The molecule has 120 valence electrons. The SMILES string of the molecule is CN1C(=O)N(C)C(=O)C2(Cc3ccccc3N3CCC[C@H]32)C1=O. The normalized spacial score (nSPS) is 25.9. The number of benzene rings is 1. The maximum Gasteiger partial charge on any atom is 0.332 e. The van der Waals surface area contributed by atoms with Crippen molar-refractivity contribution in [3.63, 3.8) is 0 Å². The maximum absolute atomic E-state index is 13.1. The van der Waals surface area contributed by atoms with Gasteiger partial charge in [0, 0.05) is 26.3 Å². The minimum atomic E-state index is -1.18. The topological polar surface area (TPSA) is 60.9 Å². The van der Waals surface area contributed by atoms with Gasteiger partial charge in [0.1, 0.15) is 0 Å². The van der Waals surface area contributed by atoms with Gasteiger partial charge in [0.15, 0.2) is 5.41 Å². The minimum absolute atomic E-state index is 0.171. The molecular weight excluding hydrogens is 294 g/mol. The highest BCUT2D eigenvalue weighted by Crippen LogP contribution is 2.48. The molecule has 0 bridgehead atoms. The molecule has 23 heavy (non-hydrogen) atoms. The lowest BCUT2D eigenvalue weighted by atomic mass is 9.68. The summed E-state index contributed by atoms with van der Waals surface area (Å²) in [5.74, 6) is -0.728. The van der Waals surface area contributed by atoms with E-state index in [0.29, 0.717) is 6.42 Å². The van der Waals surface area contributed by atoms with Gasteiger partial charge in [-0.1, -0.05) is 18.2 Å². The van der Waals surface area contributed by atoms with Gasteiger partial charge >= 0.3 is 6.03 Å². The predicted molar refractivity (Wildman–Crippen MR) is 83.9 cm³/mol. The first-order chi connectivity index (χ1) is 11.0. The van der Waals surface area contributed by atoms with Gasteiger partial charge in [-0.05, 0) is 30.9 Å². The highest BCUT2D eigenvalue weighted by atomic mass is 16.2. The molecule has 6 heteroatoms. The average molecular weight is 313 g/mol. The Balaban J connectivity index is 1.92. The summed E-state index contributed by atoms with van der Waals surface area (Å²) in [5.41, 5.74) is 0.939. The first kappa shape index (κ1) is 14.2. The Morgan fingerprint density at radius 3 is 2.39 bits per heavy atom. The number of imide groups is 2. The van der Waals surface area contributed by atoms with Crippen LogP contribution in [0.1, 0.15) is 18.4 Å². The van der Waals surface area contributed by atoms with Crippen LogP contribution in [0.25, 0.3) is 0 Å². The van der Waals surface area contributed by atoms with Crippen LogP contribution in [0.5, 0.6) is 0 Å². The molecule has 4 rings (SSSR count). The number of rotatable bonds is 0. The van der Waals surface area contributed by atoms with Crippen molar-refractivity contribution in [2.24, 2.45) is 5.41 Å². The molecule has 4 amide bonds. The molecule has 1 aromatic carbocycles. The van der Waals surface area contributed by atoms with E-state index < -0.39 is 11.4 Å². The molecule has 0 N–H and O–H groups in total. The average Bonchev–Trinajstić information content (AvgIpc) is 3.07. The number of amides is 4. The van der Waals surface area contributed by atoms with Crippen molar-refractivity contribution >= 4 is 23.5 Å². The fraction of sp³-hybridized carbons (Fsp3) is 0.471. The van der Waals surface area contributed by atoms with Crippen molar-refractivity contribution in [1.82, 2.24) is 9.80 Å². The van der Waals surface area contributed by atoms with E-state index in [9.17, 15) is 14.4 Å². The Kier molecular flexibility index (Phi) is 2.83. The molecule has 3 heterocycles. The van der Waals surface area contributed by atoms with Crippen molar-refractivity contribution in [2.75, 3.05) is 25.5 Å². The van der Waals surface area contributed by atoms with E-state index in [0.717, 1.165) is 40.4 Å². The molecule has 1 spiro atoms. The minimum Gasteiger partial charge on any atom is -0.367 e. The Morgan fingerprint density at radius 2 is 1.70 bits per heavy atom. The van der Waals surface area contributed by atoms with E-state index in [1.807, 2.05) is 18.2 Å². The summed E-state index contributed by atoms with van der Waals surface area (Å²) in [6.07, 6.45) is 2.11. The van der Waals surface area contributed by atoms with Crippen LogP contribution in [0.2, 0.25) is 0 Å². The maximum atomic E-state index is 13.1. The van der Waals surface area contributed by atoms with Crippen LogP contribution in [-0.2, 0) is 16.0 Å². The van der Waals surface area contributed by atoms with E-state index in [1.165, 1.54) is 14.1 Å². The highest BCUT2D eigenvalue weighted by Gasteiger charge is 2.63. The van der Waals surface area contributed by atoms with Crippen molar-refractivity contribution in [2.45, 2.75) is 25.3 Å². The molecule has 2 fully saturated rings. The third-order valence-corrected chi connectivity index (χ3v) is 5.54. The Hall–Kier alpha value is -2.37. The lowest BCUT2D eigenvalue weighted by molar-refractivity contribution is -0.159. The van der Waals surface area contributed by atoms with Crippen molar-refractivity contribution in [3.8, 4) is 0 Å². The van der Waals surface area contributed by atoms with Crippen LogP contribution in [-0.4, -0.2) is 54.3 Å². The van der Waals surface area contributed by atoms with Crippen molar-refractivity contribution < 1.29 is 14.4 Å². The molecule has 1 atom stereocenters. The number of carbonyl (C=O) groups excluding carboxylic acids is 3. The third-order valence-electron chi connectivity index (χ3n) is 5.54. The van der Waals surface area contributed by atoms with E-state index >= 15 is 0 Å². The summed E-state index contributed by atoms with van der Waals surface area (Å²) in [6, 6.07) is 7.22. The second-order valence-corrected chi connectivity index (χ2v) is 6.64. The van der Waals surface area contributed by atoms with Crippen LogP contribution >= 0.6 is 0 Å². The lowest BCUT2D eigenvalue weighted by Crippen LogP contribution is -2.70. The zero-order chi connectivity index (χ0) is 16.4. The fourth-order valence-corrected chi connectivity index (χ4v) is 4.45. The number of hydrogen-bond donors (Lipinski definition) is 0. The Morgan fingerprint density at radius 1 is 1.04 bits per heavy atom. The van der Waals surface area contributed by atoms with Crippen LogP contribution < -0.4 is 4.90 Å². The second kappa shape index (κ2) is 4.57. The molecule has 1 aromatic rings. The van der Waals surface area contributed by atoms with Crippen LogP contribution in [0.15, 0.2) is 24.3 Å². The Bertz CT molecular complexity index is 706. The zero-order valence-electron chi connectivity index (χ0n) is 13.3. The third kappa shape index (κ3) is 1.61. The molecule has 0 aromatic heterocycles. The summed E-state index contributed by atoms with van der Waals surface area (Å²) in [6.45, 7) is 0.839. The molecule has 0 saturated carbocycles. The molecule has 0 unspecified atom stereocenters. The molecule has 2 saturated heterocycles. The number of anilines is 1. The summed E-state index contributed by atoms with van der Waals surface area (Å²) in [4.78, 5) is 42.6. The van der Waals surface area contributed by atoms with Crippen LogP contribution in [0.3, 0.4) is 0 Å². The summed E-state index contributed by atoms with van der Waals surface area (Å²) in [7, 11) is 2.93. The van der Waals surface area contributed by atoms with Gasteiger partial charge in [0.2, 0.25) is 11.8 Å². The highest BCUT2D eigenvalue weighted by molar-refractivity contribution is 6.20. The van der Waals surface area contributed by atoms with Gasteiger partial charge in [0.25, 0.3) is 0 Å². The van der Waals surface area contributed by atoms with E-state index in [-0.39, 0.29) is 17.9 Å². The zero-order valence-corrected chi connectivity index (χ0v) is 13.3. The monoisotopic (exact) mass is 313 g/mol. The smallest absolute Gasteiger partial charge is 0.332 e. The molecule has 0 aliphatic carbocycles. The van der Waals surface area contributed by atoms with Gasteiger partial charge in [-0.15, -0.1) is 0 Å². The first-order valence-corrected chi connectivity index (χ1v) is 7.93. The van der Waals surface area contributed by atoms with Gasteiger partial charge in [-0.25, -0.2) is 4.79 Å². The van der Waals surface area contributed by atoms with E-state index in [4.69, 9.17) is 0 Å². The number of hydrogen-bond acceptors (Lipinski definition) is 4. The standard InChI is InChI=1S/C17H19N3O3/c1-18-14(21)17(15(22)19(2)16(18)23)10-11-6-3-4-7-12(11)20-9-5-8-13(17)20/h3-4,6-7,13H,5,8-10H2,1-2H3/t13-/m0/s1. The van der Waals surface area contributed by atoms with E-state index in [2.05, 4.69) is 11.0 Å².